The molecular formula is C10H18N6O2. The Hall–Kier alpha value is -2.12. The predicted molar refractivity (Wildman–Crippen MR) is 67.7 cm³/mol. The third-order valence-electron chi connectivity index (χ3n) is 1.89. The Kier molecular flexibility index (Phi) is 5.62. The smallest absolute Gasteiger partial charge is 0.323 e. The van der Waals surface area contributed by atoms with E-state index in [9.17, 15) is 4.79 Å². The number of likely N-dealkylation sites (N-methyl/N-ethyl adjacent to an activating group) is 1. The van der Waals surface area contributed by atoms with Crippen LogP contribution in [0.15, 0.2) is 0 Å². The van der Waals surface area contributed by atoms with Gasteiger partial charge in [0.1, 0.15) is 0 Å². The minimum Gasteiger partial charge on any atom is -0.464 e. The Morgan fingerprint density at radius 1 is 1.22 bits per heavy atom. The molecule has 1 rings (SSSR count). The summed E-state index contributed by atoms with van der Waals surface area (Å²) in [5.41, 5.74) is 0. The van der Waals surface area contributed by atoms with Crippen molar-refractivity contribution in [1.82, 2.24) is 20.3 Å². The molecule has 0 aliphatic heterocycles. The molecule has 0 aliphatic carbocycles. The van der Waals surface area contributed by atoms with Crippen molar-refractivity contribution >= 4 is 17.8 Å². The topological polar surface area (TPSA) is 101 Å². The first-order valence-electron chi connectivity index (χ1n) is 5.76. The van der Waals surface area contributed by atoms with E-state index in [0.717, 1.165) is 0 Å². The zero-order chi connectivity index (χ0) is 13.4. The van der Waals surface area contributed by atoms with E-state index in [1.54, 1.807) is 7.05 Å². The van der Waals surface area contributed by atoms with E-state index in [2.05, 4.69) is 30.9 Å². The minimum absolute atomic E-state index is 0.104. The van der Waals surface area contributed by atoms with Gasteiger partial charge in [0, 0.05) is 13.6 Å². The normalized spacial score (nSPS) is 9.72. The van der Waals surface area contributed by atoms with Crippen molar-refractivity contribution in [1.29, 1.82) is 0 Å². The third kappa shape index (κ3) is 4.40. The van der Waals surface area contributed by atoms with Gasteiger partial charge in [-0.15, -0.1) is 0 Å². The van der Waals surface area contributed by atoms with Gasteiger partial charge in [0.2, 0.25) is 17.8 Å². The van der Waals surface area contributed by atoms with Crippen molar-refractivity contribution in [3.8, 4) is 6.01 Å². The maximum Gasteiger partial charge on any atom is 0.323 e. The zero-order valence-electron chi connectivity index (χ0n) is 10.8. The number of hydrogen-bond donors (Lipinski definition) is 3. The summed E-state index contributed by atoms with van der Waals surface area (Å²) in [7, 11) is 1.69. The third-order valence-corrected chi connectivity index (χ3v) is 1.89. The summed E-state index contributed by atoms with van der Waals surface area (Å²) in [6, 6.07) is 0.218. The lowest BCUT2D eigenvalue weighted by molar-refractivity contribution is -0.119. The molecule has 0 spiro atoms. The summed E-state index contributed by atoms with van der Waals surface area (Å²) in [6.07, 6.45) is 0. The molecule has 1 aromatic heterocycles. The molecule has 1 amide bonds. The molecule has 0 aromatic carbocycles. The average molecular weight is 254 g/mol. The predicted octanol–water partition coefficient (Wildman–Crippen LogP) is -0.140. The van der Waals surface area contributed by atoms with Crippen LogP contribution in [0.1, 0.15) is 13.8 Å². The van der Waals surface area contributed by atoms with Crippen LogP contribution in [-0.2, 0) is 4.79 Å². The second-order valence-electron chi connectivity index (χ2n) is 3.26. The summed E-state index contributed by atoms with van der Waals surface area (Å²) in [5.74, 6) is 0.554. The van der Waals surface area contributed by atoms with Crippen molar-refractivity contribution in [2.75, 3.05) is 37.4 Å². The number of aromatic nitrogens is 3. The largest absolute Gasteiger partial charge is 0.464 e. The van der Waals surface area contributed by atoms with Crippen molar-refractivity contribution in [3.63, 3.8) is 0 Å². The second kappa shape index (κ2) is 7.25. The molecule has 1 aromatic rings. The van der Waals surface area contributed by atoms with Gasteiger partial charge < -0.3 is 20.7 Å². The summed E-state index contributed by atoms with van der Waals surface area (Å²) in [5, 5.41) is 8.27. The van der Waals surface area contributed by atoms with Gasteiger partial charge in [-0.1, -0.05) is 0 Å². The standard InChI is InChI=1S/C10H18N6O2/c1-4-12-7(17)6-13-9-14-8(11-3)15-10(16-9)18-5-2/h4-6H2,1-3H3,(H,12,17)(H2,11,13,14,15,16). The molecule has 0 saturated heterocycles. The number of nitrogens with zero attached hydrogens (tertiary/aromatic N) is 3. The quantitative estimate of drug-likeness (QED) is 0.622. The van der Waals surface area contributed by atoms with E-state index in [1.165, 1.54) is 0 Å². The first-order chi connectivity index (χ1) is 8.69. The van der Waals surface area contributed by atoms with Gasteiger partial charge in [-0.3, -0.25) is 4.79 Å². The fourth-order valence-corrected chi connectivity index (χ4v) is 1.16. The van der Waals surface area contributed by atoms with Crippen LogP contribution in [0.5, 0.6) is 6.01 Å². The first kappa shape index (κ1) is 13.9. The van der Waals surface area contributed by atoms with E-state index in [0.29, 0.717) is 25.0 Å². The molecule has 100 valence electrons. The van der Waals surface area contributed by atoms with Gasteiger partial charge >= 0.3 is 6.01 Å². The Bertz CT molecular complexity index is 398. The number of ether oxygens (including phenoxy) is 1. The maximum absolute atomic E-state index is 11.3. The second-order valence-corrected chi connectivity index (χ2v) is 3.26. The average Bonchev–Trinajstić information content (AvgIpc) is 2.37. The summed E-state index contributed by atoms with van der Waals surface area (Å²) >= 11 is 0. The molecule has 18 heavy (non-hydrogen) atoms. The maximum atomic E-state index is 11.3. The van der Waals surface area contributed by atoms with Crippen molar-refractivity contribution in [2.24, 2.45) is 0 Å². The first-order valence-corrected chi connectivity index (χ1v) is 5.76. The molecule has 0 saturated carbocycles. The van der Waals surface area contributed by atoms with Crippen molar-refractivity contribution in [3.05, 3.63) is 0 Å². The van der Waals surface area contributed by atoms with Crippen LogP contribution in [-0.4, -0.2) is 47.6 Å². The lowest BCUT2D eigenvalue weighted by Crippen LogP contribution is -2.30. The molecule has 8 heteroatoms. The van der Waals surface area contributed by atoms with E-state index in [4.69, 9.17) is 4.74 Å². The molecular weight excluding hydrogens is 236 g/mol. The van der Waals surface area contributed by atoms with E-state index in [1.807, 2.05) is 13.8 Å². The van der Waals surface area contributed by atoms with Crippen LogP contribution in [0.2, 0.25) is 0 Å². The van der Waals surface area contributed by atoms with E-state index in [-0.39, 0.29) is 18.5 Å². The summed E-state index contributed by atoms with van der Waals surface area (Å²) in [4.78, 5) is 23.4. The molecule has 0 atom stereocenters. The number of carbonyl (C=O) groups is 1. The van der Waals surface area contributed by atoms with Crippen LogP contribution in [0.3, 0.4) is 0 Å². The van der Waals surface area contributed by atoms with Crippen LogP contribution in [0.25, 0.3) is 0 Å². The number of anilines is 2. The Balaban J connectivity index is 2.68. The van der Waals surface area contributed by atoms with Gasteiger partial charge in [-0.2, -0.15) is 15.0 Å². The van der Waals surface area contributed by atoms with Gasteiger partial charge in [-0.25, -0.2) is 0 Å². The van der Waals surface area contributed by atoms with Crippen LogP contribution in [0.4, 0.5) is 11.9 Å². The molecule has 0 bridgehead atoms. The zero-order valence-corrected chi connectivity index (χ0v) is 10.8. The highest BCUT2D eigenvalue weighted by Crippen LogP contribution is 2.10. The fourth-order valence-electron chi connectivity index (χ4n) is 1.16. The summed E-state index contributed by atoms with van der Waals surface area (Å²) < 4.78 is 5.20. The molecule has 0 unspecified atom stereocenters. The molecule has 3 N–H and O–H groups in total. The molecule has 0 fully saturated rings. The lowest BCUT2D eigenvalue weighted by atomic mass is 10.5. The highest BCUT2D eigenvalue weighted by Gasteiger charge is 2.07. The van der Waals surface area contributed by atoms with Crippen LogP contribution < -0.4 is 20.7 Å². The van der Waals surface area contributed by atoms with Gasteiger partial charge in [0.25, 0.3) is 0 Å². The Morgan fingerprint density at radius 3 is 2.56 bits per heavy atom. The van der Waals surface area contributed by atoms with E-state index >= 15 is 0 Å². The molecule has 0 aliphatic rings. The van der Waals surface area contributed by atoms with Gasteiger partial charge in [0.15, 0.2) is 0 Å². The Morgan fingerprint density at radius 2 is 1.94 bits per heavy atom. The lowest BCUT2D eigenvalue weighted by Gasteiger charge is -2.08. The number of hydrogen-bond acceptors (Lipinski definition) is 7. The monoisotopic (exact) mass is 254 g/mol. The van der Waals surface area contributed by atoms with Gasteiger partial charge in [0.05, 0.1) is 13.2 Å². The fraction of sp³-hybridized carbons (Fsp3) is 0.600. The number of amides is 1. The molecule has 1 heterocycles. The SMILES string of the molecule is CCNC(=O)CNc1nc(NC)nc(OCC)n1. The highest BCUT2D eigenvalue weighted by molar-refractivity contribution is 5.80. The van der Waals surface area contributed by atoms with E-state index < -0.39 is 0 Å². The van der Waals surface area contributed by atoms with Crippen LogP contribution >= 0.6 is 0 Å². The Labute approximate surface area is 106 Å². The van der Waals surface area contributed by atoms with Crippen molar-refractivity contribution < 1.29 is 9.53 Å². The highest BCUT2D eigenvalue weighted by atomic mass is 16.5. The number of rotatable bonds is 7. The van der Waals surface area contributed by atoms with Crippen molar-refractivity contribution in [2.45, 2.75) is 13.8 Å². The molecule has 8 nitrogen and oxygen atoms in total. The number of nitrogens with one attached hydrogen (secondary N) is 3. The van der Waals surface area contributed by atoms with Crippen LogP contribution in [0, 0.1) is 0 Å². The van der Waals surface area contributed by atoms with Gasteiger partial charge in [-0.05, 0) is 13.8 Å². The summed E-state index contributed by atoms with van der Waals surface area (Å²) in [6.45, 7) is 4.84. The minimum atomic E-state index is -0.123. The number of carbonyl (C=O) groups excluding carboxylic acids is 1. The molecule has 0 radical (unpaired) electrons.